The van der Waals surface area contributed by atoms with Crippen LogP contribution in [0.25, 0.3) is 27.6 Å². The van der Waals surface area contributed by atoms with Crippen molar-refractivity contribution in [3.63, 3.8) is 0 Å². The van der Waals surface area contributed by atoms with Gasteiger partial charge in [0.2, 0.25) is 21.9 Å². The van der Waals surface area contributed by atoms with Gasteiger partial charge in [-0.2, -0.15) is 10.2 Å². The Bertz CT molecular complexity index is 3130. The second-order valence-corrected chi connectivity index (χ2v) is 20.6. The molecule has 0 saturated heterocycles. The molecule has 0 spiro atoms. The molecule has 4 heterocycles. The van der Waals surface area contributed by atoms with Gasteiger partial charge in [0, 0.05) is 74.4 Å². The summed E-state index contributed by atoms with van der Waals surface area (Å²) in [5.41, 5.74) is 3.15. The molecule has 354 valence electrons. The Labute approximate surface area is 386 Å². The third kappa shape index (κ3) is 8.92. The fourth-order valence-electron chi connectivity index (χ4n) is 10.2. The summed E-state index contributed by atoms with van der Waals surface area (Å²) < 4.78 is 96.1. The molecule has 6 aromatic rings. The Hall–Kier alpha value is -5.44. The molecular weight excluding hydrogens is 918 g/mol. The summed E-state index contributed by atoms with van der Waals surface area (Å²) in [6.45, 7) is -0.451. The molecule has 10 rings (SSSR count). The highest BCUT2D eigenvalue weighted by molar-refractivity contribution is 7.92. The van der Waals surface area contributed by atoms with Crippen LogP contribution >= 0.6 is 11.6 Å². The number of aromatic nitrogens is 7. The fraction of sp³-hybridized carbons (Fsp3) is 0.478. The van der Waals surface area contributed by atoms with Gasteiger partial charge >= 0.3 is 0 Å². The first-order valence-corrected chi connectivity index (χ1v) is 24.7. The van der Waals surface area contributed by atoms with Crippen molar-refractivity contribution in [3.8, 4) is 5.69 Å². The number of pyridine rings is 1. The third-order valence-corrected chi connectivity index (χ3v) is 14.4. The van der Waals surface area contributed by atoms with Crippen LogP contribution in [-0.2, 0) is 52.1 Å². The minimum absolute atomic E-state index is 0.0710. The van der Waals surface area contributed by atoms with Crippen LogP contribution in [-0.4, -0.2) is 79.4 Å². The highest BCUT2D eigenvalue weighted by atomic mass is 35.5. The summed E-state index contributed by atoms with van der Waals surface area (Å²) in [6, 6.07) is 6.05. The number of halogens is 5. The number of hydrogen-bond donors (Lipinski definition) is 3. The van der Waals surface area contributed by atoms with E-state index in [4.69, 9.17) is 31.4 Å². The van der Waals surface area contributed by atoms with E-state index in [1.807, 2.05) is 0 Å². The normalized spacial score (nSPS) is 19.5. The van der Waals surface area contributed by atoms with Crippen LogP contribution in [0.5, 0.6) is 0 Å². The minimum atomic E-state index is -3.93. The first-order chi connectivity index (χ1) is 32.0. The summed E-state index contributed by atoms with van der Waals surface area (Å²) >= 11 is 6.84. The number of sulfonamides is 1. The van der Waals surface area contributed by atoms with Crippen LogP contribution < -0.4 is 15.6 Å². The molecular formula is C46H48ClF4N9O6S. The average molecular weight is 966 g/mol. The smallest absolute Gasteiger partial charge is 0.268 e. The number of carbonyl (C=O) groups excluding carboxylic acids is 1. The largest absolute Gasteiger partial charge is 0.392 e. The zero-order valence-corrected chi connectivity index (χ0v) is 38.2. The van der Waals surface area contributed by atoms with Crippen LogP contribution in [0.15, 0.2) is 41.2 Å². The molecule has 67 heavy (non-hydrogen) atoms. The van der Waals surface area contributed by atoms with E-state index in [2.05, 4.69) is 15.1 Å². The number of aliphatic hydroxyl groups excluding tert-OH is 1. The number of carbonyl (C=O) groups is 1. The molecule has 3 N–H and O–H groups in total. The van der Waals surface area contributed by atoms with Crippen molar-refractivity contribution in [1.82, 2.24) is 39.4 Å². The maximum Gasteiger partial charge on any atom is 0.268 e. The molecule has 3 atom stereocenters. The molecule has 21 heteroatoms. The van der Waals surface area contributed by atoms with Gasteiger partial charge in [-0.3, -0.25) is 28.2 Å². The van der Waals surface area contributed by atoms with Crippen molar-refractivity contribution in [1.29, 1.82) is 0 Å². The number of ether oxygens (including phenoxy) is 1. The number of nitrogens with zero attached hydrogens (tertiary/aromatic N) is 7. The van der Waals surface area contributed by atoms with E-state index in [-0.39, 0.29) is 107 Å². The van der Waals surface area contributed by atoms with E-state index in [0.29, 0.717) is 35.9 Å². The molecule has 4 aliphatic carbocycles. The highest BCUT2D eigenvalue weighted by Crippen LogP contribution is 2.60. The lowest BCUT2D eigenvalue weighted by Gasteiger charge is -2.28. The number of rotatable bonds is 16. The lowest BCUT2D eigenvalue weighted by atomic mass is 9.84. The number of aryl methyl sites for hydroxylation is 1. The van der Waals surface area contributed by atoms with Gasteiger partial charge < -0.3 is 15.2 Å². The second kappa shape index (κ2) is 17.3. The van der Waals surface area contributed by atoms with Gasteiger partial charge in [-0.15, -0.1) is 0 Å². The molecule has 0 bridgehead atoms. The number of aliphatic hydroxyl groups is 1. The second-order valence-electron chi connectivity index (χ2n) is 18.5. The fourth-order valence-corrected chi connectivity index (χ4v) is 10.9. The molecule has 2 aromatic carbocycles. The van der Waals surface area contributed by atoms with Crippen molar-refractivity contribution in [3.05, 3.63) is 103 Å². The first-order valence-electron chi connectivity index (χ1n) is 22.4. The average Bonchev–Trinajstić information content (AvgIpc) is 4.15. The maximum absolute atomic E-state index is 15.5. The van der Waals surface area contributed by atoms with E-state index in [0.717, 1.165) is 55.5 Å². The minimum Gasteiger partial charge on any atom is -0.392 e. The number of benzene rings is 2. The number of amides is 1. The number of nitrogens with one attached hydrogen (secondary N) is 2. The van der Waals surface area contributed by atoms with Crippen molar-refractivity contribution in [2.24, 2.45) is 5.92 Å². The number of fused-ring (bicyclic) bond motifs is 5. The van der Waals surface area contributed by atoms with E-state index in [9.17, 15) is 35.9 Å². The Balaban J connectivity index is 1.19. The van der Waals surface area contributed by atoms with Crippen LogP contribution in [0.2, 0.25) is 5.02 Å². The van der Waals surface area contributed by atoms with E-state index in [1.54, 1.807) is 4.68 Å². The van der Waals surface area contributed by atoms with Gasteiger partial charge in [0.05, 0.1) is 51.6 Å². The number of methoxy groups -OCH3 is 1. The lowest BCUT2D eigenvalue weighted by molar-refractivity contribution is -0.122. The quantitative estimate of drug-likeness (QED) is 0.0668. The van der Waals surface area contributed by atoms with Crippen LogP contribution in [0.1, 0.15) is 115 Å². The van der Waals surface area contributed by atoms with Crippen molar-refractivity contribution in [2.45, 2.75) is 114 Å². The van der Waals surface area contributed by atoms with Crippen LogP contribution in [0.3, 0.4) is 0 Å². The van der Waals surface area contributed by atoms with Gasteiger partial charge in [0.1, 0.15) is 24.0 Å². The Morgan fingerprint density at radius 1 is 1.01 bits per heavy atom. The lowest BCUT2D eigenvalue weighted by Crippen LogP contribution is -2.38. The van der Waals surface area contributed by atoms with Gasteiger partial charge in [0.15, 0.2) is 11.5 Å². The molecule has 15 nitrogen and oxygen atoms in total. The number of hydrogen-bond acceptors (Lipinski definition) is 10. The molecule has 0 unspecified atom stereocenters. The molecule has 3 fully saturated rings. The summed E-state index contributed by atoms with van der Waals surface area (Å²) in [7, 11) is -2.42. The van der Waals surface area contributed by atoms with Crippen molar-refractivity contribution >= 4 is 55.3 Å². The maximum atomic E-state index is 15.5. The third-order valence-electron chi connectivity index (χ3n) is 13.5. The van der Waals surface area contributed by atoms with Crippen LogP contribution in [0, 0.1) is 17.6 Å². The van der Waals surface area contributed by atoms with Gasteiger partial charge in [-0.1, -0.05) is 11.6 Å². The predicted octanol–water partition coefficient (Wildman–Crippen LogP) is 7.09. The number of anilines is 1. The monoisotopic (exact) mass is 965 g/mol. The Kier molecular flexibility index (Phi) is 11.7. The Morgan fingerprint density at radius 2 is 1.76 bits per heavy atom. The van der Waals surface area contributed by atoms with Gasteiger partial charge in [-0.25, -0.2) is 35.9 Å². The van der Waals surface area contributed by atoms with E-state index < -0.39 is 57.6 Å². The molecule has 0 aliphatic heterocycles. The van der Waals surface area contributed by atoms with E-state index in [1.165, 1.54) is 40.1 Å². The van der Waals surface area contributed by atoms with Gasteiger partial charge in [-0.05, 0) is 98.2 Å². The molecule has 4 aliphatic rings. The van der Waals surface area contributed by atoms with Gasteiger partial charge in [0.25, 0.3) is 5.56 Å². The zero-order valence-electron chi connectivity index (χ0n) is 36.7. The van der Waals surface area contributed by atoms with Crippen LogP contribution in [0.4, 0.5) is 23.4 Å². The topological polar surface area (TPSA) is 188 Å². The SMILES string of the molecule is COCCCn1nc(NS(C)(=O)=O)c2c(Cl)ccc(-n3c([C@H](Cc4cc(F)cc(F)c4)NC(=O)Cn4nc(C5CC5)c5c4C[C@@H]4C[C@H]54)nc4nc(C5CCC(F)(F)CC5)cc(CO)c4c3=O)c21. The molecule has 0 radical (unpaired) electrons. The standard InChI is InChI=1S/C46H48ClF4N9O6S/c1-66-13-3-12-58-41-34(7-6-31(47)39(41)43(56-58)57-67(2,64)65)60-44(54-42-37(45(60)63)27(22-61)18-32(53-42)24-8-10-46(50,51)11-9-24)33(16-23-14-28(48)20-29(49)15-23)52-36(62)21-59-35-19-26-17-30(26)38(35)40(55-59)25-4-5-25/h6-7,14-15,18,20,24-26,30,33,61H,3-5,8-13,16-17,19,21-22H2,1-2H3,(H,52,62)(H,56,57)/t26-,30-,33-/m0/s1. The van der Waals surface area contributed by atoms with E-state index >= 15 is 4.79 Å². The summed E-state index contributed by atoms with van der Waals surface area (Å²) in [4.78, 5) is 39.9. The summed E-state index contributed by atoms with van der Waals surface area (Å²) in [5.74, 6) is -4.59. The number of alkyl halides is 2. The molecule has 3 saturated carbocycles. The summed E-state index contributed by atoms with van der Waals surface area (Å²) in [6.07, 6.45) is 4.39. The summed E-state index contributed by atoms with van der Waals surface area (Å²) in [5, 5.41) is 23.5. The molecule has 1 amide bonds. The molecule has 4 aromatic heterocycles. The van der Waals surface area contributed by atoms with Crippen molar-refractivity contribution < 1.29 is 40.6 Å². The zero-order chi connectivity index (χ0) is 47.1. The first kappa shape index (κ1) is 45.3. The Morgan fingerprint density at radius 3 is 2.45 bits per heavy atom. The van der Waals surface area contributed by atoms with Crippen molar-refractivity contribution in [2.75, 3.05) is 24.7 Å². The highest BCUT2D eigenvalue weighted by Gasteiger charge is 2.51. The predicted molar refractivity (Wildman–Crippen MR) is 240 cm³/mol.